The van der Waals surface area contributed by atoms with Crippen molar-refractivity contribution in [3.8, 4) is 16.4 Å². The first-order valence-electron chi connectivity index (χ1n) is 11.1. The van der Waals surface area contributed by atoms with Crippen LogP contribution in [0.5, 0.6) is 0 Å². The van der Waals surface area contributed by atoms with Gasteiger partial charge in [-0.25, -0.2) is 4.98 Å². The molecule has 0 fully saturated rings. The van der Waals surface area contributed by atoms with Crippen LogP contribution in [-0.4, -0.2) is 20.5 Å². The normalized spacial score (nSPS) is 11.3. The van der Waals surface area contributed by atoms with Gasteiger partial charge < -0.3 is 0 Å². The molecule has 178 valence electrons. The van der Waals surface area contributed by atoms with Gasteiger partial charge in [0.15, 0.2) is 11.5 Å². The van der Waals surface area contributed by atoms with Crippen LogP contribution in [0.15, 0.2) is 93.2 Å². The molecule has 5 rings (SSSR count). The molecule has 0 spiro atoms. The lowest BCUT2D eigenvalue weighted by Crippen LogP contribution is -2.13. The molecule has 9 heteroatoms. The molecule has 36 heavy (non-hydrogen) atoms. The fourth-order valence-corrected chi connectivity index (χ4v) is 4.60. The van der Waals surface area contributed by atoms with Gasteiger partial charge in [-0.3, -0.25) is 14.7 Å². The zero-order chi connectivity index (χ0) is 25.2. The number of azo groups is 1. The van der Waals surface area contributed by atoms with E-state index in [9.17, 15) is 9.59 Å². The number of nitrogens with zero attached hydrogens (tertiary/aromatic N) is 4. The lowest BCUT2D eigenvalue weighted by atomic mass is 10.0. The molecule has 0 aliphatic rings. The van der Waals surface area contributed by atoms with Crippen LogP contribution in [0.3, 0.4) is 0 Å². The Morgan fingerprint density at radius 3 is 2.50 bits per heavy atom. The topological polar surface area (TPSA) is 92.5 Å². The minimum Gasteiger partial charge on any atom is -0.291 e. The van der Waals surface area contributed by atoms with Gasteiger partial charge in [-0.2, -0.15) is 4.68 Å². The van der Waals surface area contributed by atoms with Crippen molar-refractivity contribution < 1.29 is 4.79 Å². The molecule has 2 heterocycles. The minimum atomic E-state index is -0.383. The zero-order valence-corrected chi connectivity index (χ0v) is 21.0. The number of hydrogen-bond acceptors (Lipinski definition) is 6. The largest absolute Gasteiger partial charge is 0.301 e. The molecule has 1 N–H and O–H groups in total. The third kappa shape index (κ3) is 4.68. The van der Waals surface area contributed by atoms with Crippen molar-refractivity contribution in [1.82, 2.24) is 14.8 Å². The van der Waals surface area contributed by atoms with Crippen molar-refractivity contribution in [1.29, 1.82) is 0 Å². The Hall–Kier alpha value is -4.14. The maximum Gasteiger partial charge on any atom is 0.301 e. The van der Waals surface area contributed by atoms with Crippen LogP contribution in [-0.2, 0) is 0 Å². The Balaban J connectivity index is 1.47. The Bertz CT molecular complexity index is 1650. The number of H-pyrrole nitrogens is 1. The van der Waals surface area contributed by atoms with Gasteiger partial charge in [-0.15, -0.1) is 21.6 Å². The number of carbonyl (C=O) groups excluding carboxylic acids is 1. The highest BCUT2D eigenvalue weighted by atomic mass is 35.5. The molecular weight excluding hydrogens is 494 g/mol. The number of halogens is 1. The number of aromatic amines is 1. The van der Waals surface area contributed by atoms with Crippen molar-refractivity contribution in [3.63, 3.8) is 0 Å². The SMILES string of the molecule is Cc1ccc(-c2csc(-n3[nH]c(C)c(N=Nc4ccc(Cl)cc4C(=O)c4ccccc4)c3=O)n2)cc1. The van der Waals surface area contributed by atoms with E-state index in [2.05, 4.69) is 20.3 Å². The van der Waals surface area contributed by atoms with Crippen molar-refractivity contribution in [2.75, 3.05) is 0 Å². The van der Waals surface area contributed by atoms with Gasteiger partial charge >= 0.3 is 5.56 Å². The second-order valence-corrected chi connectivity index (χ2v) is 9.44. The second-order valence-electron chi connectivity index (χ2n) is 8.16. The highest BCUT2D eigenvalue weighted by Gasteiger charge is 2.17. The van der Waals surface area contributed by atoms with Gasteiger partial charge in [0.2, 0.25) is 5.13 Å². The molecule has 0 aliphatic heterocycles. The zero-order valence-electron chi connectivity index (χ0n) is 19.4. The highest BCUT2D eigenvalue weighted by molar-refractivity contribution is 7.12. The summed E-state index contributed by atoms with van der Waals surface area (Å²) in [5, 5.41) is 14.3. The molecule has 3 aromatic carbocycles. The molecule has 0 bridgehead atoms. The lowest BCUT2D eigenvalue weighted by Gasteiger charge is -2.05. The van der Waals surface area contributed by atoms with E-state index in [0.717, 1.165) is 16.8 Å². The van der Waals surface area contributed by atoms with Crippen LogP contribution in [0.25, 0.3) is 16.4 Å². The molecule has 5 aromatic rings. The molecule has 0 saturated heterocycles. The molecule has 0 saturated carbocycles. The van der Waals surface area contributed by atoms with Crippen molar-refractivity contribution in [3.05, 3.63) is 116 Å². The van der Waals surface area contributed by atoms with E-state index in [1.54, 1.807) is 49.4 Å². The molecule has 0 unspecified atom stereocenters. The summed E-state index contributed by atoms with van der Waals surface area (Å²) in [6, 6.07) is 21.7. The Morgan fingerprint density at radius 1 is 1.00 bits per heavy atom. The van der Waals surface area contributed by atoms with Crippen LogP contribution >= 0.6 is 22.9 Å². The highest BCUT2D eigenvalue weighted by Crippen LogP contribution is 2.29. The second kappa shape index (κ2) is 9.85. The third-order valence-electron chi connectivity index (χ3n) is 5.57. The van der Waals surface area contributed by atoms with Crippen molar-refractivity contribution in [2.45, 2.75) is 13.8 Å². The average Bonchev–Trinajstić information content (AvgIpc) is 3.48. The number of benzene rings is 3. The predicted octanol–water partition coefficient (Wildman–Crippen LogP) is 7.21. The van der Waals surface area contributed by atoms with E-state index in [-0.39, 0.29) is 17.0 Å². The standard InChI is InChI=1S/C27H20ClN5O2S/c1-16-8-10-18(11-9-16)23-15-36-27(29-23)33-26(35)24(17(2)32-33)31-30-22-13-12-20(28)14-21(22)25(34)19-6-4-3-5-7-19/h3-15,32H,1-2H3. The van der Waals surface area contributed by atoms with Crippen LogP contribution in [0.4, 0.5) is 11.4 Å². The Kier molecular flexibility index (Phi) is 6.45. The summed E-state index contributed by atoms with van der Waals surface area (Å²) in [6.45, 7) is 3.76. The van der Waals surface area contributed by atoms with E-state index >= 15 is 0 Å². The quantitative estimate of drug-likeness (QED) is 0.192. The van der Waals surface area contributed by atoms with Crippen LogP contribution in [0.1, 0.15) is 27.2 Å². The number of hydrogen-bond donors (Lipinski definition) is 1. The third-order valence-corrected chi connectivity index (χ3v) is 6.63. The molecule has 2 aromatic heterocycles. The van der Waals surface area contributed by atoms with Gasteiger partial charge in [0.25, 0.3) is 0 Å². The number of nitrogens with one attached hydrogen (secondary N) is 1. The molecule has 7 nitrogen and oxygen atoms in total. The predicted molar refractivity (Wildman–Crippen MR) is 142 cm³/mol. The maximum atomic E-state index is 13.2. The number of aromatic nitrogens is 3. The first-order chi connectivity index (χ1) is 17.4. The summed E-state index contributed by atoms with van der Waals surface area (Å²) < 4.78 is 1.35. The summed E-state index contributed by atoms with van der Waals surface area (Å²) in [4.78, 5) is 30.8. The van der Waals surface area contributed by atoms with E-state index in [1.165, 1.54) is 16.0 Å². The van der Waals surface area contributed by atoms with Crippen molar-refractivity contribution >= 4 is 40.1 Å². The van der Waals surface area contributed by atoms with E-state index in [4.69, 9.17) is 11.6 Å². The first kappa shape index (κ1) is 23.6. The average molecular weight is 514 g/mol. The van der Waals surface area contributed by atoms with Gasteiger partial charge in [-0.05, 0) is 32.0 Å². The molecule has 0 amide bonds. The molecular formula is C27H20ClN5O2S. The number of thiazole rings is 1. The maximum absolute atomic E-state index is 13.2. The van der Waals surface area contributed by atoms with Crippen LogP contribution < -0.4 is 5.56 Å². The van der Waals surface area contributed by atoms with Crippen LogP contribution in [0, 0.1) is 13.8 Å². The molecule has 0 atom stereocenters. The minimum absolute atomic E-state index is 0.134. The smallest absolute Gasteiger partial charge is 0.291 e. The number of carbonyl (C=O) groups is 1. The summed E-state index contributed by atoms with van der Waals surface area (Å²) in [7, 11) is 0. The van der Waals surface area contributed by atoms with E-state index in [1.807, 2.05) is 42.6 Å². The van der Waals surface area contributed by atoms with Crippen LogP contribution in [0.2, 0.25) is 5.02 Å². The Morgan fingerprint density at radius 2 is 1.75 bits per heavy atom. The Labute approximate surface area is 215 Å². The molecule has 0 radical (unpaired) electrons. The number of ketones is 1. The first-order valence-corrected chi connectivity index (χ1v) is 12.3. The fourth-order valence-electron chi connectivity index (χ4n) is 3.64. The molecule has 0 aliphatic carbocycles. The van der Waals surface area contributed by atoms with Gasteiger partial charge in [0, 0.05) is 21.5 Å². The summed E-state index contributed by atoms with van der Waals surface area (Å²) in [6.07, 6.45) is 0. The summed E-state index contributed by atoms with van der Waals surface area (Å²) in [5.74, 6) is -0.235. The van der Waals surface area contributed by atoms with E-state index < -0.39 is 0 Å². The monoisotopic (exact) mass is 513 g/mol. The lowest BCUT2D eigenvalue weighted by molar-refractivity contribution is 0.103. The summed E-state index contributed by atoms with van der Waals surface area (Å²) in [5.41, 5.74) is 4.31. The number of rotatable bonds is 6. The van der Waals surface area contributed by atoms with E-state index in [0.29, 0.717) is 32.7 Å². The van der Waals surface area contributed by atoms with Crippen molar-refractivity contribution in [2.24, 2.45) is 10.2 Å². The van der Waals surface area contributed by atoms with Gasteiger partial charge in [0.1, 0.15) is 0 Å². The summed E-state index contributed by atoms with van der Waals surface area (Å²) >= 11 is 7.50. The van der Waals surface area contributed by atoms with Gasteiger partial charge in [-0.1, -0.05) is 71.8 Å². The van der Waals surface area contributed by atoms with Gasteiger partial charge in [0.05, 0.1) is 22.6 Å². The fraction of sp³-hybridized carbons (Fsp3) is 0.0741. The number of aryl methyl sites for hydroxylation is 2.